The van der Waals surface area contributed by atoms with E-state index in [1.54, 1.807) is 0 Å². The van der Waals surface area contributed by atoms with E-state index in [0.29, 0.717) is 12.3 Å². The van der Waals surface area contributed by atoms with Gasteiger partial charge in [-0.3, -0.25) is 0 Å². The second kappa shape index (κ2) is 5.87. The average molecular weight is 269 g/mol. The van der Waals surface area contributed by atoms with Gasteiger partial charge in [-0.1, -0.05) is 30.3 Å². The fourth-order valence-corrected chi connectivity index (χ4v) is 1.98. The molecule has 20 heavy (non-hydrogen) atoms. The molecule has 1 saturated carbocycles. The van der Waals surface area contributed by atoms with Crippen molar-refractivity contribution in [3.8, 4) is 11.5 Å². The van der Waals surface area contributed by atoms with Crippen LogP contribution in [-0.2, 0) is 6.61 Å². The molecule has 0 heterocycles. The monoisotopic (exact) mass is 269 g/mol. The van der Waals surface area contributed by atoms with E-state index in [9.17, 15) is 0 Å². The van der Waals surface area contributed by atoms with Crippen LogP contribution >= 0.6 is 0 Å². The molecule has 0 spiro atoms. The molecule has 0 bridgehead atoms. The molecule has 2 aromatic rings. The summed E-state index contributed by atoms with van der Waals surface area (Å²) in [6.45, 7) is 1.29. The van der Waals surface area contributed by atoms with Gasteiger partial charge in [0, 0.05) is 11.8 Å². The van der Waals surface area contributed by atoms with E-state index in [0.717, 1.165) is 29.6 Å². The van der Waals surface area contributed by atoms with Gasteiger partial charge in [0.2, 0.25) is 0 Å². The van der Waals surface area contributed by atoms with Crippen molar-refractivity contribution in [2.75, 3.05) is 12.3 Å². The molecule has 3 heteroatoms. The van der Waals surface area contributed by atoms with Gasteiger partial charge < -0.3 is 15.2 Å². The van der Waals surface area contributed by atoms with Crippen molar-refractivity contribution < 1.29 is 9.47 Å². The van der Waals surface area contributed by atoms with Gasteiger partial charge in [-0.15, -0.1) is 0 Å². The van der Waals surface area contributed by atoms with Crippen molar-refractivity contribution in [1.29, 1.82) is 0 Å². The summed E-state index contributed by atoms with van der Waals surface area (Å²) in [6, 6.07) is 15.6. The van der Waals surface area contributed by atoms with E-state index in [1.165, 1.54) is 12.8 Å². The molecule has 3 nitrogen and oxygen atoms in total. The number of benzene rings is 2. The van der Waals surface area contributed by atoms with Crippen molar-refractivity contribution in [3.05, 3.63) is 54.1 Å². The van der Waals surface area contributed by atoms with Crippen molar-refractivity contribution >= 4 is 5.69 Å². The maximum atomic E-state index is 5.85. The number of rotatable bonds is 6. The third-order valence-corrected chi connectivity index (χ3v) is 3.38. The lowest BCUT2D eigenvalue weighted by atomic mass is 10.2. The number of nitrogens with two attached hydrogens (primary N) is 1. The van der Waals surface area contributed by atoms with Gasteiger partial charge in [0.25, 0.3) is 0 Å². The number of anilines is 1. The summed E-state index contributed by atoms with van der Waals surface area (Å²) in [5.41, 5.74) is 7.64. The predicted octanol–water partition coefficient (Wildman–Crippen LogP) is 3.64. The number of nitrogen functional groups attached to an aromatic ring is 1. The SMILES string of the molecule is Nc1ccc(OCC2CC2)c(OCc2ccccc2)c1. The maximum absolute atomic E-state index is 5.85. The summed E-state index contributed by atoms with van der Waals surface area (Å²) in [5, 5.41) is 0. The molecule has 0 radical (unpaired) electrons. The molecule has 0 aromatic heterocycles. The Bertz CT molecular complexity index is 564. The molecular formula is C17H19NO2. The van der Waals surface area contributed by atoms with Crippen LogP contribution in [0.25, 0.3) is 0 Å². The van der Waals surface area contributed by atoms with Crippen molar-refractivity contribution in [1.82, 2.24) is 0 Å². The van der Waals surface area contributed by atoms with Gasteiger partial charge in [0.1, 0.15) is 6.61 Å². The van der Waals surface area contributed by atoms with Crippen LogP contribution in [-0.4, -0.2) is 6.61 Å². The zero-order valence-corrected chi connectivity index (χ0v) is 11.4. The molecule has 1 aliphatic rings. The lowest BCUT2D eigenvalue weighted by Crippen LogP contribution is -2.03. The Morgan fingerprint density at radius 3 is 2.50 bits per heavy atom. The number of hydrogen-bond acceptors (Lipinski definition) is 3. The third kappa shape index (κ3) is 3.44. The first-order valence-corrected chi connectivity index (χ1v) is 7.00. The molecule has 104 valence electrons. The highest BCUT2D eigenvalue weighted by molar-refractivity contribution is 5.52. The fourth-order valence-electron chi connectivity index (χ4n) is 1.98. The molecule has 1 aliphatic carbocycles. The first-order valence-electron chi connectivity index (χ1n) is 7.00. The molecule has 2 N–H and O–H groups in total. The van der Waals surface area contributed by atoms with Gasteiger partial charge in [0.15, 0.2) is 11.5 Å². The molecule has 0 amide bonds. The lowest BCUT2D eigenvalue weighted by molar-refractivity contribution is 0.254. The minimum atomic E-state index is 0.518. The average Bonchev–Trinajstić information content (AvgIpc) is 3.29. The molecule has 0 saturated heterocycles. The van der Waals surface area contributed by atoms with Gasteiger partial charge >= 0.3 is 0 Å². The second-order valence-electron chi connectivity index (χ2n) is 5.23. The Morgan fingerprint density at radius 2 is 1.75 bits per heavy atom. The standard InChI is InChI=1S/C17H19NO2/c18-15-8-9-16(19-12-14-6-7-14)17(10-15)20-11-13-4-2-1-3-5-13/h1-5,8-10,14H,6-7,11-12,18H2. The highest BCUT2D eigenvalue weighted by atomic mass is 16.5. The van der Waals surface area contributed by atoms with Crippen molar-refractivity contribution in [2.45, 2.75) is 19.4 Å². The van der Waals surface area contributed by atoms with Crippen LogP contribution in [0.5, 0.6) is 11.5 Å². The largest absolute Gasteiger partial charge is 0.489 e. The van der Waals surface area contributed by atoms with Crippen molar-refractivity contribution in [2.24, 2.45) is 5.92 Å². The summed E-state index contributed by atoms with van der Waals surface area (Å²) in [4.78, 5) is 0. The zero-order valence-electron chi connectivity index (χ0n) is 11.4. The van der Waals surface area contributed by atoms with Gasteiger partial charge in [0.05, 0.1) is 6.61 Å². The van der Waals surface area contributed by atoms with E-state index in [1.807, 2.05) is 48.5 Å². The van der Waals surface area contributed by atoms with Crippen LogP contribution in [0.4, 0.5) is 5.69 Å². The first kappa shape index (κ1) is 12.9. The predicted molar refractivity (Wildman–Crippen MR) is 79.8 cm³/mol. The Kier molecular flexibility index (Phi) is 3.77. The summed E-state index contributed by atoms with van der Waals surface area (Å²) >= 11 is 0. The van der Waals surface area contributed by atoms with E-state index in [4.69, 9.17) is 15.2 Å². The van der Waals surface area contributed by atoms with Gasteiger partial charge in [-0.2, -0.15) is 0 Å². The second-order valence-corrected chi connectivity index (χ2v) is 5.23. The van der Waals surface area contributed by atoms with E-state index in [-0.39, 0.29) is 0 Å². The van der Waals surface area contributed by atoms with Crippen LogP contribution in [0, 0.1) is 5.92 Å². The van der Waals surface area contributed by atoms with Crippen LogP contribution in [0.2, 0.25) is 0 Å². The summed E-state index contributed by atoms with van der Waals surface area (Å²) < 4.78 is 11.7. The number of hydrogen-bond donors (Lipinski definition) is 1. The molecule has 0 aliphatic heterocycles. The minimum Gasteiger partial charge on any atom is -0.489 e. The van der Waals surface area contributed by atoms with Crippen molar-refractivity contribution in [3.63, 3.8) is 0 Å². The quantitative estimate of drug-likeness (QED) is 0.814. The van der Waals surface area contributed by atoms with E-state index < -0.39 is 0 Å². The molecule has 2 aromatic carbocycles. The molecular weight excluding hydrogens is 250 g/mol. The van der Waals surface area contributed by atoms with Crippen LogP contribution in [0.1, 0.15) is 18.4 Å². The van der Waals surface area contributed by atoms with Gasteiger partial charge in [-0.05, 0) is 36.5 Å². The van der Waals surface area contributed by atoms with Crippen LogP contribution in [0.3, 0.4) is 0 Å². The Morgan fingerprint density at radius 1 is 0.950 bits per heavy atom. The van der Waals surface area contributed by atoms with Gasteiger partial charge in [-0.25, -0.2) is 0 Å². The summed E-state index contributed by atoms with van der Waals surface area (Å²) in [7, 11) is 0. The molecule has 0 atom stereocenters. The normalized spacial score (nSPS) is 14.0. The minimum absolute atomic E-state index is 0.518. The summed E-state index contributed by atoms with van der Waals surface area (Å²) in [6.07, 6.45) is 2.55. The third-order valence-electron chi connectivity index (χ3n) is 3.38. The van der Waals surface area contributed by atoms with E-state index >= 15 is 0 Å². The van der Waals surface area contributed by atoms with Crippen LogP contribution < -0.4 is 15.2 Å². The molecule has 0 unspecified atom stereocenters. The molecule has 3 rings (SSSR count). The first-order chi connectivity index (χ1) is 9.81. The highest BCUT2D eigenvalue weighted by Gasteiger charge is 2.22. The zero-order chi connectivity index (χ0) is 13.8. The Hall–Kier alpha value is -2.16. The Balaban J connectivity index is 1.67. The topological polar surface area (TPSA) is 44.5 Å². The highest BCUT2D eigenvalue weighted by Crippen LogP contribution is 2.34. The molecule has 1 fully saturated rings. The number of ether oxygens (including phenoxy) is 2. The lowest BCUT2D eigenvalue weighted by Gasteiger charge is -2.13. The Labute approximate surface area is 119 Å². The fraction of sp³-hybridized carbons (Fsp3) is 0.294. The smallest absolute Gasteiger partial charge is 0.163 e. The summed E-state index contributed by atoms with van der Waals surface area (Å²) in [5.74, 6) is 2.21. The maximum Gasteiger partial charge on any atom is 0.163 e. The van der Waals surface area contributed by atoms with E-state index in [2.05, 4.69) is 0 Å². The van der Waals surface area contributed by atoms with Crippen LogP contribution in [0.15, 0.2) is 48.5 Å².